The topological polar surface area (TPSA) is 63.7 Å². The molecular formula is C30H35N3O3. The van der Waals surface area contributed by atoms with Crippen LogP contribution in [-0.4, -0.2) is 31.2 Å². The summed E-state index contributed by atoms with van der Waals surface area (Å²) in [5.41, 5.74) is 5.52. The van der Waals surface area contributed by atoms with Crippen LogP contribution in [0.2, 0.25) is 0 Å². The third kappa shape index (κ3) is 5.48. The second-order valence-corrected chi connectivity index (χ2v) is 9.98. The van der Waals surface area contributed by atoms with Gasteiger partial charge in [0.15, 0.2) is 0 Å². The minimum atomic E-state index is -0.405. The quantitative estimate of drug-likeness (QED) is 0.338. The summed E-state index contributed by atoms with van der Waals surface area (Å²) in [6.45, 7) is 2.04. The van der Waals surface area contributed by atoms with Crippen LogP contribution in [0.4, 0.5) is 22.9 Å². The van der Waals surface area contributed by atoms with Crippen LogP contribution in [0.15, 0.2) is 54.7 Å². The van der Waals surface area contributed by atoms with Gasteiger partial charge in [-0.3, -0.25) is 0 Å². The fourth-order valence-corrected chi connectivity index (χ4v) is 4.90. The van der Waals surface area contributed by atoms with E-state index in [0.717, 1.165) is 35.6 Å². The van der Waals surface area contributed by atoms with E-state index in [1.54, 1.807) is 6.07 Å². The monoisotopic (exact) mass is 485 g/mol. The Morgan fingerprint density at radius 2 is 1.72 bits per heavy atom. The SMILES string of the molecule is COC(=O)c1cc(OC2CC2)ccc1Nc1cnc(N(C)c2ccc(C3CCCCC3)cc2)cc1C. The molecule has 0 amide bonds. The van der Waals surface area contributed by atoms with Crippen molar-refractivity contribution in [2.24, 2.45) is 0 Å². The number of pyridine rings is 1. The van der Waals surface area contributed by atoms with Crippen LogP contribution in [0.25, 0.3) is 0 Å². The van der Waals surface area contributed by atoms with Gasteiger partial charge in [0.25, 0.3) is 0 Å². The predicted octanol–water partition coefficient (Wildman–Crippen LogP) is 7.28. The molecule has 0 spiro atoms. The van der Waals surface area contributed by atoms with E-state index in [-0.39, 0.29) is 6.10 Å². The number of aryl methyl sites for hydroxylation is 1. The maximum Gasteiger partial charge on any atom is 0.340 e. The van der Waals surface area contributed by atoms with Crippen molar-refractivity contribution in [2.75, 3.05) is 24.4 Å². The number of benzene rings is 2. The molecule has 36 heavy (non-hydrogen) atoms. The van der Waals surface area contributed by atoms with Gasteiger partial charge < -0.3 is 19.7 Å². The molecule has 1 heterocycles. The second kappa shape index (κ2) is 10.6. The number of ether oxygens (including phenoxy) is 2. The molecule has 0 saturated heterocycles. The zero-order valence-corrected chi connectivity index (χ0v) is 21.4. The van der Waals surface area contributed by atoms with E-state index in [1.807, 2.05) is 32.3 Å². The first-order valence-corrected chi connectivity index (χ1v) is 13.0. The zero-order valence-electron chi connectivity index (χ0n) is 21.4. The van der Waals surface area contributed by atoms with E-state index in [1.165, 1.54) is 44.8 Å². The average Bonchev–Trinajstić information content (AvgIpc) is 3.74. The lowest BCUT2D eigenvalue weighted by atomic mass is 9.84. The normalized spacial score (nSPS) is 15.9. The third-order valence-electron chi connectivity index (χ3n) is 7.29. The summed E-state index contributed by atoms with van der Waals surface area (Å²) >= 11 is 0. The molecule has 3 aromatic rings. The van der Waals surface area contributed by atoms with E-state index in [0.29, 0.717) is 22.9 Å². The Morgan fingerprint density at radius 3 is 2.39 bits per heavy atom. The summed E-state index contributed by atoms with van der Waals surface area (Å²) in [5, 5.41) is 3.36. The Kier molecular flexibility index (Phi) is 7.12. The standard InChI is InChI=1S/C30H35N3O3/c1-20-17-29(33(2)23-11-9-22(10-12-23)21-7-5-4-6-8-21)31-19-28(20)32-27-16-15-25(36-24-13-14-24)18-26(27)30(34)35-3/h9-12,15-19,21,24,32H,4-8,13-14H2,1-3H3. The number of hydrogen-bond donors (Lipinski definition) is 1. The number of nitrogens with zero attached hydrogens (tertiary/aromatic N) is 2. The maximum atomic E-state index is 12.4. The van der Waals surface area contributed by atoms with Crippen molar-refractivity contribution in [1.82, 2.24) is 4.98 Å². The van der Waals surface area contributed by atoms with Crippen LogP contribution in [0.3, 0.4) is 0 Å². The Balaban J connectivity index is 1.31. The number of aromatic nitrogens is 1. The molecule has 1 N–H and O–H groups in total. The van der Waals surface area contributed by atoms with Crippen molar-refractivity contribution in [3.63, 3.8) is 0 Å². The highest BCUT2D eigenvalue weighted by Crippen LogP contribution is 2.35. The second-order valence-electron chi connectivity index (χ2n) is 9.98. The first kappa shape index (κ1) is 24.2. The molecule has 0 radical (unpaired) electrons. The van der Waals surface area contributed by atoms with Crippen molar-refractivity contribution in [3.05, 3.63) is 71.4 Å². The summed E-state index contributed by atoms with van der Waals surface area (Å²) in [4.78, 5) is 19.3. The molecule has 0 aliphatic heterocycles. The minimum absolute atomic E-state index is 0.258. The van der Waals surface area contributed by atoms with Crippen LogP contribution >= 0.6 is 0 Å². The molecule has 2 aliphatic carbocycles. The van der Waals surface area contributed by atoms with Crippen LogP contribution in [0, 0.1) is 6.92 Å². The summed E-state index contributed by atoms with van der Waals surface area (Å²) in [7, 11) is 3.43. The van der Waals surface area contributed by atoms with Crippen LogP contribution in [0.1, 0.15) is 72.3 Å². The highest BCUT2D eigenvalue weighted by molar-refractivity contribution is 5.97. The van der Waals surface area contributed by atoms with Crippen LogP contribution in [0.5, 0.6) is 5.75 Å². The van der Waals surface area contributed by atoms with Gasteiger partial charge in [-0.2, -0.15) is 0 Å². The Bertz CT molecular complexity index is 1210. The highest BCUT2D eigenvalue weighted by Gasteiger charge is 2.24. The fraction of sp³-hybridized carbons (Fsp3) is 0.400. The molecule has 2 fully saturated rings. The van der Waals surface area contributed by atoms with Gasteiger partial charge in [-0.15, -0.1) is 0 Å². The molecule has 2 aliphatic rings. The average molecular weight is 486 g/mol. The summed E-state index contributed by atoms with van der Waals surface area (Å²) in [6, 6.07) is 16.5. The number of hydrogen-bond acceptors (Lipinski definition) is 6. The lowest BCUT2D eigenvalue weighted by Crippen LogP contribution is -2.12. The zero-order chi connectivity index (χ0) is 25.1. The molecule has 2 saturated carbocycles. The summed E-state index contributed by atoms with van der Waals surface area (Å²) in [6.07, 6.45) is 10.9. The van der Waals surface area contributed by atoms with Crippen molar-refractivity contribution >= 4 is 28.8 Å². The first-order valence-electron chi connectivity index (χ1n) is 13.0. The van der Waals surface area contributed by atoms with Gasteiger partial charge in [0.1, 0.15) is 11.6 Å². The number of carbonyl (C=O) groups excluding carboxylic acids is 1. The van der Waals surface area contributed by atoms with Crippen molar-refractivity contribution in [1.29, 1.82) is 0 Å². The summed E-state index contributed by atoms with van der Waals surface area (Å²) < 4.78 is 10.9. The molecule has 6 heteroatoms. The van der Waals surface area contributed by atoms with E-state index in [2.05, 4.69) is 40.5 Å². The minimum Gasteiger partial charge on any atom is -0.490 e. The largest absolute Gasteiger partial charge is 0.490 e. The molecule has 5 rings (SSSR count). The Labute approximate surface area is 213 Å². The molecular weight excluding hydrogens is 450 g/mol. The maximum absolute atomic E-state index is 12.4. The lowest BCUT2D eigenvalue weighted by Gasteiger charge is -2.24. The van der Waals surface area contributed by atoms with Crippen LogP contribution in [-0.2, 0) is 4.74 Å². The smallest absolute Gasteiger partial charge is 0.340 e. The van der Waals surface area contributed by atoms with Gasteiger partial charge in [-0.05, 0) is 86.1 Å². The van der Waals surface area contributed by atoms with E-state index >= 15 is 0 Å². The number of methoxy groups -OCH3 is 1. The van der Waals surface area contributed by atoms with Gasteiger partial charge in [0.2, 0.25) is 0 Å². The molecule has 188 valence electrons. The molecule has 1 aromatic heterocycles. The predicted molar refractivity (Wildman–Crippen MR) is 144 cm³/mol. The molecule has 6 nitrogen and oxygen atoms in total. The van der Waals surface area contributed by atoms with E-state index in [9.17, 15) is 4.79 Å². The summed E-state index contributed by atoms with van der Waals surface area (Å²) in [5.74, 6) is 1.85. The van der Waals surface area contributed by atoms with Gasteiger partial charge in [0, 0.05) is 12.7 Å². The number of esters is 1. The van der Waals surface area contributed by atoms with Crippen molar-refractivity contribution in [2.45, 2.75) is 63.9 Å². The Morgan fingerprint density at radius 1 is 0.972 bits per heavy atom. The number of carbonyl (C=O) groups is 1. The molecule has 0 atom stereocenters. The number of anilines is 4. The molecule has 0 unspecified atom stereocenters. The molecule has 0 bridgehead atoms. The lowest BCUT2D eigenvalue weighted by molar-refractivity contribution is 0.0601. The number of rotatable bonds is 8. The number of nitrogens with one attached hydrogen (secondary N) is 1. The fourth-order valence-electron chi connectivity index (χ4n) is 4.90. The van der Waals surface area contributed by atoms with Crippen LogP contribution < -0.4 is 15.0 Å². The molecule has 2 aromatic carbocycles. The van der Waals surface area contributed by atoms with Crippen molar-refractivity contribution in [3.8, 4) is 5.75 Å². The van der Waals surface area contributed by atoms with Gasteiger partial charge in [-0.25, -0.2) is 9.78 Å². The van der Waals surface area contributed by atoms with Gasteiger partial charge >= 0.3 is 5.97 Å². The Hall–Kier alpha value is -3.54. The third-order valence-corrected chi connectivity index (χ3v) is 7.29. The van der Waals surface area contributed by atoms with Crippen molar-refractivity contribution < 1.29 is 14.3 Å². The first-order chi connectivity index (χ1) is 17.5. The van der Waals surface area contributed by atoms with E-state index < -0.39 is 5.97 Å². The van der Waals surface area contributed by atoms with Gasteiger partial charge in [-0.1, -0.05) is 31.4 Å². The highest BCUT2D eigenvalue weighted by atomic mass is 16.5. The van der Waals surface area contributed by atoms with Gasteiger partial charge in [0.05, 0.1) is 36.3 Å². The van der Waals surface area contributed by atoms with E-state index in [4.69, 9.17) is 14.5 Å².